The summed E-state index contributed by atoms with van der Waals surface area (Å²) in [7, 11) is 3.37. The molecule has 138 valence electrons. The number of nitrogens with one attached hydrogen (secondary N) is 2. The van der Waals surface area contributed by atoms with Crippen LogP contribution >= 0.6 is 0 Å². The van der Waals surface area contributed by atoms with Gasteiger partial charge in [-0.1, -0.05) is 0 Å². The number of nitrogens with zero attached hydrogens (tertiary/aromatic N) is 3. The molecule has 0 spiro atoms. The zero-order chi connectivity index (χ0) is 18.8. The average molecular weight is 359 g/mol. The van der Waals surface area contributed by atoms with E-state index in [9.17, 15) is 19.2 Å². The Morgan fingerprint density at radius 1 is 1.00 bits per heavy atom. The summed E-state index contributed by atoms with van der Waals surface area (Å²) in [6, 6.07) is 1.71. The maximum Gasteiger partial charge on any atom is 0.270 e. The number of pyridine rings is 1. The number of likely N-dealkylation sites (N-methyl/N-ethyl adjacent to an activating group) is 2. The van der Waals surface area contributed by atoms with Crippen molar-refractivity contribution in [3.8, 4) is 0 Å². The number of carbonyl (C=O) groups excluding carboxylic acids is 4. The number of rotatable bonds is 4. The van der Waals surface area contributed by atoms with E-state index in [0.717, 1.165) is 0 Å². The predicted molar refractivity (Wildman–Crippen MR) is 91.3 cm³/mol. The lowest BCUT2D eigenvalue weighted by Gasteiger charge is -2.13. The lowest BCUT2D eigenvalue weighted by Crippen LogP contribution is -2.41. The first-order valence-electron chi connectivity index (χ1n) is 8.44. The van der Waals surface area contributed by atoms with Crippen LogP contribution < -0.4 is 10.6 Å². The van der Waals surface area contributed by atoms with Crippen molar-refractivity contribution in [2.24, 2.45) is 0 Å². The van der Waals surface area contributed by atoms with Crippen molar-refractivity contribution in [3.05, 3.63) is 29.6 Å². The molecule has 9 nitrogen and oxygen atoms in total. The molecule has 9 heteroatoms. The van der Waals surface area contributed by atoms with E-state index in [1.54, 1.807) is 23.9 Å². The number of amides is 4. The quantitative estimate of drug-likeness (QED) is 0.716. The largest absolute Gasteiger partial charge is 0.344 e. The van der Waals surface area contributed by atoms with Crippen LogP contribution in [0.1, 0.15) is 33.7 Å². The number of hydrogen-bond acceptors (Lipinski definition) is 5. The van der Waals surface area contributed by atoms with E-state index < -0.39 is 23.9 Å². The predicted octanol–water partition coefficient (Wildman–Crippen LogP) is -0.997. The molecule has 0 aliphatic carbocycles. The molecule has 2 N–H and O–H groups in total. The highest BCUT2D eigenvalue weighted by Crippen LogP contribution is 2.12. The molecule has 26 heavy (non-hydrogen) atoms. The van der Waals surface area contributed by atoms with E-state index in [1.807, 2.05) is 0 Å². The van der Waals surface area contributed by atoms with Gasteiger partial charge in [-0.3, -0.25) is 24.2 Å². The fourth-order valence-electron chi connectivity index (χ4n) is 3.08. The van der Waals surface area contributed by atoms with Crippen LogP contribution in [-0.4, -0.2) is 77.7 Å². The molecule has 0 radical (unpaired) electrons. The monoisotopic (exact) mass is 359 g/mol. The second-order valence-corrected chi connectivity index (χ2v) is 6.58. The first kappa shape index (κ1) is 17.8. The van der Waals surface area contributed by atoms with Gasteiger partial charge in [0, 0.05) is 38.9 Å². The number of aromatic nitrogens is 1. The maximum atomic E-state index is 12.4. The number of likely N-dealkylation sites (tertiary alicyclic amines) is 2. The van der Waals surface area contributed by atoms with Gasteiger partial charge in [-0.25, -0.2) is 0 Å². The van der Waals surface area contributed by atoms with E-state index in [1.165, 1.54) is 18.3 Å². The van der Waals surface area contributed by atoms with E-state index in [0.29, 0.717) is 25.9 Å². The van der Waals surface area contributed by atoms with Crippen molar-refractivity contribution in [2.45, 2.75) is 24.9 Å². The minimum atomic E-state index is -0.571. The molecule has 0 saturated carbocycles. The Balaban J connectivity index is 1.66. The third kappa shape index (κ3) is 3.51. The highest BCUT2D eigenvalue weighted by Gasteiger charge is 2.32. The van der Waals surface area contributed by atoms with Crippen molar-refractivity contribution >= 4 is 23.6 Å². The van der Waals surface area contributed by atoms with Crippen LogP contribution in [-0.2, 0) is 9.59 Å². The van der Waals surface area contributed by atoms with Crippen molar-refractivity contribution < 1.29 is 19.2 Å². The van der Waals surface area contributed by atoms with Crippen LogP contribution in [0.4, 0.5) is 0 Å². The Morgan fingerprint density at radius 2 is 1.54 bits per heavy atom. The van der Waals surface area contributed by atoms with E-state index in [-0.39, 0.29) is 23.1 Å². The van der Waals surface area contributed by atoms with Crippen molar-refractivity contribution in [2.75, 3.05) is 27.2 Å². The van der Waals surface area contributed by atoms with Crippen LogP contribution in [0.25, 0.3) is 0 Å². The van der Waals surface area contributed by atoms with E-state index in [2.05, 4.69) is 15.6 Å². The Labute approximate surface area is 150 Å². The molecule has 2 saturated heterocycles. The minimum Gasteiger partial charge on any atom is -0.344 e. The fourth-order valence-corrected chi connectivity index (χ4v) is 3.08. The fraction of sp³-hybridized carbons (Fsp3) is 0.471. The van der Waals surface area contributed by atoms with Crippen molar-refractivity contribution in [3.63, 3.8) is 0 Å². The molecule has 0 bridgehead atoms. The van der Waals surface area contributed by atoms with Crippen LogP contribution in [0, 0.1) is 0 Å². The van der Waals surface area contributed by atoms with Crippen LogP contribution in [0.15, 0.2) is 18.3 Å². The van der Waals surface area contributed by atoms with Crippen molar-refractivity contribution in [1.82, 2.24) is 25.4 Å². The second kappa shape index (κ2) is 7.11. The summed E-state index contributed by atoms with van der Waals surface area (Å²) < 4.78 is 0. The summed E-state index contributed by atoms with van der Waals surface area (Å²) in [5.41, 5.74) is 0.289. The Bertz CT molecular complexity index is 706. The molecular formula is C17H21N5O4. The summed E-state index contributed by atoms with van der Waals surface area (Å²) in [5, 5.41) is 5.32. The lowest BCUT2D eigenvalue weighted by molar-refractivity contribution is -0.128. The van der Waals surface area contributed by atoms with Crippen LogP contribution in [0.5, 0.6) is 0 Å². The van der Waals surface area contributed by atoms with Crippen LogP contribution in [0.2, 0.25) is 0 Å². The Kier molecular flexibility index (Phi) is 4.88. The molecule has 1 aromatic heterocycles. The molecule has 4 amide bonds. The van der Waals surface area contributed by atoms with E-state index >= 15 is 0 Å². The molecule has 2 aliphatic rings. The molecule has 1 aromatic rings. The molecule has 2 fully saturated rings. The molecule has 2 aliphatic heterocycles. The summed E-state index contributed by atoms with van der Waals surface area (Å²) in [6.07, 6.45) is 2.45. The Hall–Kier alpha value is -2.97. The highest BCUT2D eigenvalue weighted by atomic mass is 16.2. The van der Waals surface area contributed by atoms with Gasteiger partial charge < -0.3 is 20.4 Å². The van der Waals surface area contributed by atoms with Gasteiger partial charge in [-0.2, -0.15) is 0 Å². The highest BCUT2D eigenvalue weighted by molar-refractivity contribution is 6.01. The van der Waals surface area contributed by atoms with Gasteiger partial charge >= 0.3 is 0 Å². The summed E-state index contributed by atoms with van der Waals surface area (Å²) in [4.78, 5) is 55.6. The zero-order valence-corrected chi connectivity index (χ0v) is 14.7. The number of carbonyl (C=O) groups is 4. The van der Waals surface area contributed by atoms with Gasteiger partial charge in [0.25, 0.3) is 11.8 Å². The minimum absolute atomic E-state index is 0.0508. The van der Waals surface area contributed by atoms with Gasteiger partial charge in [-0.05, 0) is 25.0 Å². The van der Waals surface area contributed by atoms with Crippen LogP contribution in [0.3, 0.4) is 0 Å². The standard InChI is InChI=1S/C17H21N5O4/c1-21-7-4-11(16(21)25)19-14(23)10-3-6-18-13(9-10)15(24)20-12-5-8-22(2)17(12)26/h3,6,9,11-12H,4-5,7-8H2,1-2H3,(H,19,23)(H,20,24). The van der Waals surface area contributed by atoms with Gasteiger partial charge in [0.2, 0.25) is 11.8 Å². The average Bonchev–Trinajstić information content (AvgIpc) is 3.12. The van der Waals surface area contributed by atoms with E-state index in [4.69, 9.17) is 0 Å². The first-order valence-corrected chi connectivity index (χ1v) is 8.44. The zero-order valence-electron chi connectivity index (χ0n) is 14.7. The van der Waals surface area contributed by atoms with Gasteiger partial charge in [0.15, 0.2) is 0 Å². The second-order valence-electron chi connectivity index (χ2n) is 6.58. The SMILES string of the molecule is CN1CCC(NC(=O)c2ccnc(C(=O)NC3CCN(C)C3=O)c2)C1=O. The molecule has 2 unspecified atom stereocenters. The third-order valence-corrected chi connectivity index (χ3v) is 4.72. The molecule has 3 rings (SSSR count). The summed E-state index contributed by atoms with van der Waals surface area (Å²) >= 11 is 0. The number of hydrogen-bond donors (Lipinski definition) is 2. The van der Waals surface area contributed by atoms with Gasteiger partial charge in [0.1, 0.15) is 17.8 Å². The van der Waals surface area contributed by atoms with Gasteiger partial charge in [0.05, 0.1) is 0 Å². The molecule has 2 atom stereocenters. The Morgan fingerprint density at radius 3 is 2.04 bits per heavy atom. The molecular weight excluding hydrogens is 338 g/mol. The first-order chi connectivity index (χ1) is 12.4. The lowest BCUT2D eigenvalue weighted by atomic mass is 10.1. The van der Waals surface area contributed by atoms with Crippen molar-refractivity contribution in [1.29, 1.82) is 0 Å². The smallest absolute Gasteiger partial charge is 0.270 e. The van der Waals surface area contributed by atoms with Gasteiger partial charge in [-0.15, -0.1) is 0 Å². The summed E-state index contributed by atoms with van der Waals surface area (Å²) in [5.74, 6) is -1.22. The molecule has 3 heterocycles. The normalized spacial score (nSPS) is 22.7. The maximum absolute atomic E-state index is 12.4. The molecule has 0 aromatic carbocycles. The third-order valence-electron chi connectivity index (χ3n) is 4.72. The topological polar surface area (TPSA) is 112 Å². The summed E-state index contributed by atoms with van der Waals surface area (Å²) in [6.45, 7) is 1.18.